The number of anilines is 1. The molecule has 0 bridgehead atoms. The van der Waals surface area contributed by atoms with Gasteiger partial charge in [-0.1, -0.05) is 35.8 Å². The number of halogens is 1. The van der Waals surface area contributed by atoms with E-state index in [9.17, 15) is 0 Å². The first-order valence-electron chi connectivity index (χ1n) is 6.60. The summed E-state index contributed by atoms with van der Waals surface area (Å²) in [6, 6.07) is 7.98. The van der Waals surface area contributed by atoms with E-state index in [0.29, 0.717) is 17.6 Å². The third kappa shape index (κ3) is 3.55. The Morgan fingerprint density at radius 3 is 2.60 bits per heavy atom. The first-order chi connectivity index (χ1) is 9.49. The van der Waals surface area contributed by atoms with Crippen LogP contribution in [0.2, 0.25) is 0 Å². The molecule has 2 aromatic rings. The summed E-state index contributed by atoms with van der Waals surface area (Å²) in [5.74, 6) is 7.39. The van der Waals surface area contributed by atoms with Crippen LogP contribution >= 0.6 is 15.9 Å². The van der Waals surface area contributed by atoms with Gasteiger partial charge in [0, 0.05) is 21.8 Å². The van der Waals surface area contributed by atoms with Gasteiger partial charge in [-0.05, 0) is 37.0 Å². The minimum Gasteiger partial charge on any atom is -0.308 e. The van der Waals surface area contributed by atoms with Crippen LogP contribution in [0.15, 0.2) is 28.7 Å². The molecule has 4 nitrogen and oxygen atoms in total. The van der Waals surface area contributed by atoms with Crippen LogP contribution in [0.1, 0.15) is 25.1 Å². The highest BCUT2D eigenvalue weighted by molar-refractivity contribution is 9.10. The smallest absolute Gasteiger partial charge is 0.161 e. The molecular weight excluding hydrogens is 316 g/mol. The Morgan fingerprint density at radius 1 is 1.25 bits per heavy atom. The number of aryl methyl sites for hydroxylation is 1. The summed E-state index contributed by atoms with van der Waals surface area (Å²) in [5, 5.41) is 0. The Kier molecular flexibility index (Phi) is 4.73. The predicted octanol–water partition coefficient (Wildman–Crippen LogP) is 3.70. The summed E-state index contributed by atoms with van der Waals surface area (Å²) in [6.07, 6.45) is 0.902. The second-order valence-corrected chi connectivity index (χ2v) is 6.13. The molecule has 0 radical (unpaired) electrons. The molecule has 0 unspecified atom stereocenters. The van der Waals surface area contributed by atoms with Crippen molar-refractivity contribution in [1.82, 2.24) is 9.97 Å². The van der Waals surface area contributed by atoms with Crippen molar-refractivity contribution in [2.75, 3.05) is 5.43 Å². The molecule has 0 atom stereocenters. The van der Waals surface area contributed by atoms with Crippen molar-refractivity contribution < 1.29 is 0 Å². The number of nitrogens with zero attached hydrogens (tertiary/aromatic N) is 2. The van der Waals surface area contributed by atoms with Gasteiger partial charge in [-0.25, -0.2) is 15.8 Å². The molecule has 0 aliphatic rings. The van der Waals surface area contributed by atoms with E-state index in [1.54, 1.807) is 0 Å². The second-order valence-electron chi connectivity index (χ2n) is 5.27. The maximum Gasteiger partial charge on any atom is 0.161 e. The lowest BCUT2D eigenvalue weighted by Crippen LogP contribution is -2.11. The van der Waals surface area contributed by atoms with Gasteiger partial charge in [-0.3, -0.25) is 0 Å². The van der Waals surface area contributed by atoms with Crippen molar-refractivity contribution in [1.29, 1.82) is 0 Å². The average Bonchev–Trinajstić information content (AvgIpc) is 2.40. The van der Waals surface area contributed by atoms with Gasteiger partial charge >= 0.3 is 0 Å². The molecule has 1 aromatic carbocycles. The summed E-state index contributed by atoms with van der Waals surface area (Å²) in [6.45, 7) is 6.38. The number of nitrogen functional groups attached to an aromatic ring is 1. The van der Waals surface area contributed by atoms with Crippen molar-refractivity contribution >= 4 is 21.7 Å². The number of hydrogen-bond donors (Lipinski definition) is 2. The first-order valence-corrected chi connectivity index (χ1v) is 7.40. The SMILES string of the molecule is Cc1cc(-c2nc(CC(C)C)cc(NN)n2)ccc1Br. The van der Waals surface area contributed by atoms with Gasteiger partial charge in [-0.15, -0.1) is 0 Å². The fraction of sp³-hybridized carbons (Fsp3) is 0.333. The molecule has 0 aliphatic heterocycles. The van der Waals surface area contributed by atoms with E-state index in [-0.39, 0.29) is 0 Å². The maximum absolute atomic E-state index is 5.50. The van der Waals surface area contributed by atoms with Crippen molar-refractivity contribution in [2.24, 2.45) is 11.8 Å². The molecule has 5 heteroatoms. The largest absolute Gasteiger partial charge is 0.308 e. The fourth-order valence-electron chi connectivity index (χ4n) is 2.01. The number of hydrazine groups is 1. The number of hydrogen-bond acceptors (Lipinski definition) is 4. The molecule has 0 saturated heterocycles. The van der Waals surface area contributed by atoms with Crippen LogP contribution < -0.4 is 11.3 Å². The van der Waals surface area contributed by atoms with E-state index in [1.165, 1.54) is 0 Å². The minimum atomic E-state index is 0.537. The Morgan fingerprint density at radius 2 is 2.00 bits per heavy atom. The zero-order valence-electron chi connectivity index (χ0n) is 11.9. The number of rotatable bonds is 4. The number of benzene rings is 1. The molecule has 0 aliphatic carbocycles. The first kappa shape index (κ1) is 14.9. The van der Waals surface area contributed by atoms with Gasteiger partial charge in [0.2, 0.25) is 0 Å². The van der Waals surface area contributed by atoms with Crippen molar-refractivity contribution in [3.8, 4) is 11.4 Å². The van der Waals surface area contributed by atoms with Gasteiger partial charge in [0.05, 0.1) is 0 Å². The third-order valence-electron chi connectivity index (χ3n) is 2.96. The lowest BCUT2D eigenvalue weighted by molar-refractivity contribution is 0.635. The summed E-state index contributed by atoms with van der Waals surface area (Å²) in [4.78, 5) is 9.08. The van der Waals surface area contributed by atoms with Crippen molar-refractivity contribution in [2.45, 2.75) is 27.2 Å². The molecule has 0 spiro atoms. The van der Waals surface area contributed by atoms with Crippen LogP contribution in [-0.2, 0) is 6.42 Å². The van der Waals surface area contributed by atoms with Crippen LogP contribution in [0, 0.1) is 12.8 Å². The van der Waals surface area contributed by atoms with E-state index < -0.39 is 0 Å². The molecule has 0 saturated carbocycles. The summed E-state index contributed by atoms with van der Waals surface area (Å²) in [7, 11) is 0. The fourth-order valence-corrected chi connectivity index (χ4v) is 2.25. The normalized spacial score (nSPS) is 10.9. The molecule has 0 fully saturated rings. The molecule has 20 heavy (non-hydrogen) atoms. The highest BCUT2D eigenvalue weighted by Crippen LogP contribution is 2.24. The lowest BCUT2D eigenvalue weighted by Gasteiger charge is -2.10. The molecule has 106 valence electrons. The standard InChI is InChI=1S/C15H19BrN4/c1-9(2)6-12-8-14(20-17)19-15(18-12)11-4-5-13(16)10(3)7-11/h4-5,7-9H,6,17H2,1-3H3,(H,18,19,20). The Bertz CT molecular complexity index is 611. The lowest BCUT2D eigenvalue weighted by atomic mass is 10.1. The molecule has 2 rings (SSSR count). The van der Waals surface area contributed by atoms with Crippen LogP contribution in [0.3, 0.4) is 0 Å². The van der Waals surface area contributed by atoms with Crippen LogP contribution in [0.4, 0.5) is 5.82 Å². The van der Waals surface area contributed by atoms with Gasteiger partial charge in [-0.2, -0.15) is 0 Å². The second kappa shape index (κ2) is 6.33. The number of nitrogens with two attached hydrogens (primary N) is 1. The van der Waals surface area contributed by atoms with Crippen LogP contribution in [0.25, 0.3) is 11.4 Å². The number of aromatic nitrogens is 2. The van der Waals surface area contributed by atoms with E-state index in [0.717, 1.165) is 27.7 Å². The van der Waals surface area contributed by atoms with E-state index in [4.69, 9.17) is 5.84 Å². The quantitative estimate of drug-likeness (QED) is 0.661. The maximum atomic E-state index is 5.50. The third-order valence-corrected chi connectivity index (χ3v) is 3.85. The molecule has 3 N–H and O–H groups in total. The monoisotopic (exact) mass is 334 g/mol. The van der Waals surface area contributed by atoms with Crippen molar-refractivity contribution in [3.05, 3.63) is 40.0 Å². The Hall–Kier alpha value is -1.46. The van der Waals surface area contributed by atoms with Crippen LogP contribution in [-0.4, -0.2) is 9.97 Å². The van der Waals surface area contributed by atoms with Gasteiger partial charge in [0.1, 0.15) is 5.82 Å². The summed E-state index contributed by atoms with van der Waals surface area (Å²) >= 11 is 3.50. The number of nitrogens with one attached hydrogen (secondary N) is 1. The van der Waals surface area contributed by atoms with E-state index >= 15 is 0 Å². The van der Waals surface area contributed by atoms with Gasteiger partial charge < -0.3 is 5.43 Å². The zero-order chi connectivity index (χ0) is 14.7. The Balaban J connectivity index is 2.46. The summed E-state index contributed by atoms with van der Waals surface area (Å²) in [5.41, 5.74) is 5.76. The predicted molar refractivity (Wildman–Crippen MR) is 86.3 cm³/mol. The zero-order valence-corrected chi connectivity index (χ0v) is 13.5. The highest BCUT2D eigenvalue weighted by atomic mass is 79.9. The summed E-state index contributed by atoms with van der Waals surface area (Å²) < 4.78 is 1.08. The van der Waals surface area contributed by atoms with Crippen molar-refractivity contribution in [3.63, 3.8) is 0 Å². The van der Waals surface area contributed by atoms with Gasteiger partial charge in [0.25, 0.3) is 0 Å². The average molecular weight is 335 g/mol. The molecule has 1 heterocycles. The van der Waals surface area contributed by atoms with E-state index in [2.05, 4.69) is 51.2 Å². The topological polar surface area (TPSA) is 63.8 Å². The highest BCUT2D eigenvalue weighted by Gasteiger charge is 2.09. The van der Waals surface area contributed by atoms with Gasteiger partial charge in [0.15, 0.2) is 5.82 Å². The molecule has 1 aromatic heterocycles. The van der Waals surface area contributed by atoms with E-state index in [1.807, 2.05) is 25.1 Å². The van der Waals surface area contributed by atoms with Crippen LogP contribution in [0.5, 0.6) is 0 Å². The molecular formula is C15H19BrN4. The molecule has 0 amide bonds. The Labute approximate surface area is 127 Å². The minimum absolute atomic E-state index is 0.537.